The van der Waals surface area contributed by atoms with Crippen LogP contribution in [-0.2, 0) is 16.6 Å². The molecule has 5 heteroatoms. The van der Waals surface area contributed by atoms with E-state index in [1.54, 1.807) is 24.3 Å². The maximum Gasteiger partial charge on any atom is 0.240 e. The monoisotopic (exact) mass is 293 g/mol. The van der Waals surface area contributed by atoms with E-state index in [2.05, 4.69) is 18.6 Å². The highest BCUT2D eigenvalue weighted by Crippen LogP contribution is 2.20. The third-order valence-electron chi connectivity index (χ3n) is 3.39. The first-order chi connectivity index (χ1) is 9.53. The first kappa shape index (κ1) is 14.8. The van der Waals surface area contributed by atoms with Crippen molar-refractivity contribution >= 4 is 10.0 Å². The topological polar surface area (TPSA) is 59.3 Å². The standard InChI is InChI=1S/C15H19NO3S/c1-3-12(2)13-6-8-15(9-7-13)20(17,18)16-11-14-5-4-10-19-14/h4-10,12,16H,3,11H2,1-2H3. The van der Waals surface area contributed by atoms with Gasteiger partial charge in [0.15, 0.2) is 0 Å². The van der Waals surface area contributed by atoms with Crippen LogP contribution in [0.25, 0.3) is 0 Å². The van der Waals surface area contributed by atoms with Crippen LogP contribution >= 0.6 is 0 Å². The Bertz CT molecular complexity index is 630. The molecule has 0 aliphatic carbocycles. The second-order valence-corrected chi connectivity index (χ2v) is 6.55. The minimum Gasteiger partial charge on any atom is -0.468 e. The summed E-state index contributed by atoms with van der Waals surface area (Å²) in [7, 11) is -3.50. The highest BCUT2D eigenvalue weighted by Gasteiger charge is 2.14. The minimum atomic E-state index is -3.50. The molecule has 0 saturated heterocycles. The maximum absolute atomic E-state index is 12.1. The number of furan rings is 1. The van der Waals surface area contributed by atoms with E-state index in [1.807, 2.05) is 12.1 Å². The van der Waals surface area contributed by atoms with Crippen molar-refractivity contribution in [3.63, 3.8) is 0 Å². The fourth-order valence-corrected chi connectivity index (χ4v) is 2.87. The lowest BCUT2D eigenvalue weighted by molar-refractivity contribution is 0.498. The van der Waals surface area contributed by atoms with Crippen molar-refractivity contribution in [3.05, 3.63) is 54.0 Å². The number of hydrogen-bond acceptors (Lipinski definition) is 3. The molecule has 0 spiro atoms. The molecule has 1 N–H and O–H groups in total. The maximum atomic E-state index is 12.1. The Morgan fingerprint density at radius 3 is 2.45 bits per heavy atom. The number of benzene rings is 1. The van der Waals surface area contributed by atoms with Crippen molar-refractivity contribution in [1.82, 2.24) is 4.72 Å². The molecule has 1 unspecified atom stereocenters. The summed E-state index contributed by atoms with van der Waals surface area (Å²) in [6.45, 7) is 4.39. The van der Waals surface area contributed by atoms with Gasteiger partial charge in [-0.15, -0.1) is 0 Å². The lowest BCUT2D eigenvalue weighted by Gasteiger charge is -2.10. The van der Waals surface area contributed by atoms with E-state index in [0.29, 0.717) is 11.7 Å². The molecule has 1 atom stereocenters. The van der Waals surface area contributed by atoms with Gasteiger partial charge in [0.2, 0.25) is 10.0 Å². The van der Waals surface area contributed by atoms with Gasteiger partial charge in [-0.1, -0.05) is 26.0 Å². The highest BCUT2D eigenvalue weighted by atomic mass is 32.2. The fourth-order valence-electron chi connectivity index (χ4n) is 1.87. The molecule has 0 fully saturated rings. The van der Waals surface area contributed by atoms with E-state index in [1.165, 1.54) is 6.26 Å². The quantitative estimate of drug-likeness (QED) is 0.889. The molecule has 0 aliphatic heterocycles. The summed E-state index contributed by atoms with van der Waals surface area (Å²) < 4.78 is 31.9. The van der Waals surface area contributed by atoms with Crippen molar-refractivity contribution < 1.29 is 12.8 Å². The average Bonchev–Trinajstić information content (AvgIpc) is 2.98. The van der Waals surface area contributed by atoms with Crippen LogP contribution in [0.5, 0.6) is 0 Å². The van der Waals surface area contributed by atoms with Crippen molar-refractivity contribution in [2.24, 2.45) is 0 Å². The average molecular weight is 293 g/mol. The van der Waals surface area contributed by atoms with Crippen LogP contribution in [0, 0.1) is 0 Å². The minimum absolute atomic E-state index is 0.155. The molecule has 0 amide bonds. The lowest BCUT2D eigenvalue weighted by atomic mass is 9.99. The Balaban J connectivity index is 2.09. The van der Waals surface area contributed by atoms with E-state index in [-0.39, 0.29) is 11.4 Å². The molecule has 0 bridgehead atoms. The first-order valence-electron chi connectivity index (χ1n) is 6.65. The zero-order chi connectivity index (χ0) is 14.6. The Morgan fingerprint density at radius 2 is 1.90 bits per heavy atom. The van der Waals surface area contributed by atoms with Gasteiger partial charge in [0.1, 0.15) is 5.76 Å². The second kappa shape index (κ2) is 6.24. The smallest absolute Gasteiger partial charge is 0.240 e. The largest absolute Gasteiger partial charge is 0.468 e. The molecule has 2 aromatic rings. The highest BCUT2D eigenvalue weighted by molar-refractivity contribution is 7.89. The van der Waals surface area contributed by atoms with E-state index in [0.717, 1.165) is 12.0 Å². The Morgan fingerprint density at radius 1 is 1.20 bits per heavy atom. The van der Waals surface area contributed by atoms with Gasteiger partial charge in [-0.2, -0.15) is 0 Å². The SMILES string of the molecule is CCC(C)c1ccc(S(=O)(=O)NCc2ccco2)cc1. The van der Waals surface area contributed by atoms with Crippen LogP contribution in [0.1, 0.15) is 37.5 Å². The van der Waals surface area contributed by atoms with Gasteiger partial charge in [-0.05, 0) is 42.2 Å². The predicted octanol–water partition coefficient (Wildman–Crippen LogP) is 3.27. The van der Waals surface area contributed by atoms with E-state index >= 15 is 0 Å². The molecule has 1 aromatic heterocycles. The second-order valence-electron chi connectivity index (χ2n) is 4.78. The van der Waals surface area contributed by atoms with Crippen molar-refractivity contribution in [2.45, 2.75) is 37.6 Å². The zero-order valence-electron chi connectivity index (χ0n) is 11.7. The van der Waals surface area contributed by atoms with Crippen molar-refractivity contribution in [1.29, 1.82) is 0 Å². The number of sulfonamides is 1. The first-order valence-corrected chi connectivity index (χ1v) is 8.13. The fraction of sp³-hybridized carbons (Fsp3) is 0.333. The Labute approximate surface area is 119 Å². The Kier molecular flexibility index (Phi) is 4.62. The number of rotatable bonds is 6. The zero-order valence-corrected chi connectivity index (χ0v) is 12.5. The molecule has 2 rings (SSSR count). The summed E-state index contributed by atoms with van der Waals surface area (Å²) in [6.07, 6.45) is 2.55. The van der Waals surface area contributed by atoms with Gasteiger partial charge >= 0.3 is 0 Å². The molecule has 1 aromatic carbocycles. The summed E-state index contributed by atoms with van der Waals surface area (Å²) in [4.78, 5) is 0.274. The third kappa shape index (κ3) is 3.49. The molecule has 0 aliphatic rings. The van der Waals surface area contributed by atoms with Gasteiger partial charge in [0.25, 0.3) is 0 Å². The van der Waals surface area contributed by atoms with Crippen LogP contribution in [-0.4, -0.2) is 8.42 Å². The lowest BCUT2D eigenvalue weighted by Crippen LogP contribution is -2.23. The molecule has 108 valence electrons. The number of nitrogens with one attached hydrogen (secondary N) is 1. The van der Waals surface area contributed by atoms with E-state index in [9.17, 15) is 8.42 Å². The van der Waals surface area contributed by atoms with Gasteiger partial charge in [0.05, 0.1) is 17.7 Å². The molecular formula is C15H19NO3S. The molecule has 4 nitrogen and oxygen atoms in total. The molecule has 0 saturated carbocycles. The summed E-state index contributed by atoms with van der Waals surface area (Å²) in [6, 6.07) is 10.5. The van der Waals surface area contributed by atoms with Crippen molar-refractivity contribution in [3.8, 4) is 0 Å². The van der Waals surface area contributed by atoms with Crippen LogP contribution in [0.2, 0.25) is 0 Å². The van der Waals surface area contributed by atoms with E-state index in [4.69, 9.17) is 4.42 Å². The van der Waals surface area contributed by atoms with Gasteiger partial charge in [-0.25, -0.2) is 13.1 Å². The Hall–Kier alpha value is -1.59. The summed E-state index contributed by atoms with van der Waals surface area (Å²) in [5.41, 5.74) is 1.15. The van der Waals surface area contributed by atoms with Crippen LogP contribution in [0.4, 0.5) is 0 Å². The third-order valence-corrected chi connectivity index (χ3v) is 4.81. The van der Waals surface area contributed by atoms with Gasteiger partial charge < -0.3 is 4.42 Å². The molecule has 0 radical (unpaired) electrons. The van der Waals surface area contributed by atoms with Gasteiger partial charge in [0, 0.05) is 0 Å². The normalized spacial score (nSPS) is 13.3. The van der Waals surface area contributed by atoms with Crippen LogP contribution in [0.15, 0.2) is 52.0 Å². The van der Waals surface area contributed by atoms with Gasteiger partial charge in [-0.3, -0.25) is 0 Å². The summed E-state index contributed by atoms with van der Waals surface area (Å²) in [5, 5.41) is 0. The van der Waals surface area contributed by atoms with Crippen LogP contribution in [0.3, 0.4) is 0 Å². The molecule has 1 heterocycles. The summed E-state index contributed by atoms with van der Waals surface area (Å²) >= 11 is 0. The van der Waals surface area contributed by atoms with E-state index < -0.39 is 10.0 Å². The predicted molar refractivity (Wildman–Crippen MR) is 77.9 cm³/mol. The molecule has 20 heavy (non-hydrogen) atoms. The number of hydrogen-bond donors (Lipinski definition) is 1. The van der Waals surface area contributed by atoms with Crippen LogP contribution < -0.4 is 4.72 Å². The van der Waals surface area contributed by atoms with Crippen molar-refractivity contribution in [2.75, 3.05) is 0 Å². The summed E-state index contributed by atoms with van der Waals surface area (Å²) in [5.74, 6) is 1.02. The molecular weight excluding hydrogens is 274 g/mol.